The number of methoxy groups -OCH3 is 2. The highest BCUT2D eigenvalue weighted by Gasteiger charge is 2.31. The summed E-state index contributed by atoms with van der Waals surface area (Å²) in [6.07, 6.45) is 9.02. The van der Waals surface area contributed by atoms with Crippen molar-refractivity contribution in [3.8, 4) is 39.8 Å². The molecule has 1 aliphatic carbocycles. The standard InChI is InChI=1S/C27H26FN7O2/c1-34-12-11-30-27(34)26-32-25(31-16-13-17(14-16)36-2)24-22(20-8-4-5-10-29-20)19(15-35(24)33-26)18-7-6-9-21(37-3)23(18)28/h4-12,15-17H,13-14H2,1-3H3,(H,31,32,33)/t16-,17-. The highest BCUT2D eigenvalue weighted by Crippen LogP contribution is 2.42. The summed E-state index contributed by atoms with van der Waals surface area (Å²) in [6.45, 7) is 0. The first-order valence-electron chi connectivity index (χ1n) is 12.0. The number of anilines is 1. The molecule has 1 fully saturated rings. The van der Waals surface area contributed by atoms with Crippen LogP contribution in [0.25, 0.3) is 39.5 Å². The smallest absolute Gasteiger partial charge is 0.218 e. The number of hydrogen-bond donors (Lipinski definition) is 1. The summed E-state index contributed by atoms with van der Waals surface area (Å²) in [6, 6.07) is 10.9. The average molecular weight is 500 g/mol. The molecule has 5 aromatic rings. The van der Waals surface area contributed by atoms with Crippen LogP contribution in [0.3, 0.4) is 0 Å². The number of hydrogen-bond acceptors (Lipinski definition) is 7. The van der Waals surface area contributed by atoms with Crippen LogP contribution >= 0.6 is 0 Å². The van der Waals surface area contributed by atoms with Crippen LogP contribution in [0.4, 0.5) is 10.2 Å². The van der Waals surface area contributed by atoms with Gasteiger partial charge in [0.2, 0.25) is 5.82 Å². The molecule has 37 heavy (non-hydrogen) atoms. The summed E-state index contributed by atoms with van der Waals surface area (Å²) in [5.74, 6) is 1.41. The molecule has 4 aromatic heterocycles. The van der Waals surface area contributed by atoms with Gasteiger partial charge >= 0.3 is 0 Å². The van der Waals surface area contributed by atoms with Crippen LogP contribution in [0.15, 0.2) is 61.2 Å². The molecule has 0 unspecified atom stereocenters. The quantitative estimate of drug-likeness (QED) is 0.350. The Morgan fingerprint density at radius 3 is 2.59 bits per heavy atom. The number of fused-ring (bicyclic) bond motifs is 1. The van der Waals surface area contributed by atoms with Crippen molar-refractivity contribution in [3.05, 3.63) is 67.0 Å². The zero-order chi connectivity index (χ0) is 25.5. The van der Waals surface area contributed by atoms with E-state index in [1.807, 2.05) is 42.2 Å². The molecule has 0 atom stereocenters. The fraction of sp³-hybridized carbons (Fsp3) is 0.259. The SMILES string of the molecule is COc1cccc(-c2cn3nc(-c4nccn4C)nc(N[C@H]4C[C@H](OC)C4)c3c2-c2ccccn2)c1F. The molecule has 0 bridgehead atoms. The van der Waals surface area contributed by atoms with Gasteiger partial charge in [-0.15, -0.1) is 5.10 Å². The van der Waals surface area contributed by atoms with Gasteiger partial charge in [-0.25, -0.2) is 18.9 Å². The lowest BCUT2D eigenvalue weighted by atomic mass is 9.89. The van der Waals surface area contributed by atoms with Crippen LogP contribution in [0, 0.1) is 5.82 Å². The Bertz CT molecular complexity index is 1570. The van der Waals surface area contributed by atoms with Gasteiger partial charge in [0, 0.05) is 61.7 Å². The van der Waals surface area contributed by atoms with E-state index in [0.29, 0.717) is 39.8 Å². The van der Waals surface area contributed by atoms with E-state index in [1.165, 1.54) is 7.11 Å². The van der Waals surface area contributed by atoms with Crippen LogP contribution in [0.1, 0.15) is 12.8 Å². The van der Waals surface area contributed by atoms with Gasteiger partial charge in [-0.1, -0.05) is 18.2 Å². The maximum atomic E-state index is 15.6. The van der Waals surface area contributed by atoms with E-state index < -0.39 is 5.82 Å². The zero-order valence-electron chi connectivity index (χ0n) is 20.7. The normalized spacial score (nSPS) is 17.1. The Kier molecular flexibility index (Phi) is 5.80. The summed E-state index contributed by atoms with van der Waals surface area (Å²) in [5, 5.41) is 8.39. The van der Waals surface area contributed by atoms with Gasteiger partial charge in [-0.3, -0.25) is 4.98 Å². The van der Waals surface area contributed by atoms with Crippen molar-refractivity contribution in [1.29, 1.82) is 0 Å². The molecule has 4 heterocycles. The molecule has 1 aromatic carbocycles. The lowest BCUT2D eigenvalue weighted by Crippen LogP contribution is -2.40. The molecule has 10 heteroatoms. The van der Waals surface area contributed by atoms with Gasteiger partial charge in [0.25, 0.3) is 0 Å². The van der Waals surface area contributed by atoms with Crippen LogP contribution in [-0.2, 0) is 11.8 Å². The minimum absolute atomic E-state index is 0.165. The van der Waals surface area contributed by atoms with E-state index in [9.17, 15) is 0 Å². The second-order valence-corrected chi connectivity index (χ2v) is 9.06. The average Bonchev–Trinajstić information content (AvgIpc) is 3.50. The van der Waals surface area contributed by atoms with E-state index in [1.54, 1.807) is 42.2 Å². The number of rotatable bonds is 7. The van der Waals surface area contributed by atoms with Crippen LogP contribution in [-0.4, -0.2) is 55.5 Å². The number of halogens is 1. The van der Waals surface area contributed by atoms with E-state index in [-0.39, 0.29) is 17.9 Å². The Labute approximate surface area is 212 Å². The van der Waals surface area contributed by atoms with Gasteiger partial charge < -0.3 is 19.4 Å². The lowest BCUT2D eigenvalue weighted by molar-refractivity contribution is 0.0328. The van der Waals surface area contributed by atoms with Crippen molar-refractivity contribution in [2.24, 2.45) is 7.05 Å². The second-order valence-electron chi connectivity index (χ2n) is 9.06. The van der Waals surface area contributed by atoms with E-state index >= 15 is 4.39 Å². The molecule has 1 saturated carbocycles. The fourth-order valence-corrected chi connectivity index (χ4v) is 4.78. The Hall–Kier alpha value is -4.31. The van der Waals surface area contributed by atoms with Gasteiger partial charge in [-0.05, 0) is 31.0 Å². The van der Waals surface area contributed by atoms with Crippen LogP contribution < -0.4 is 10.1 Å². The molecule has 188 valence electrons. The predicted octanol–water partition coefficient (Wildman–Crippen LogP) is 4.60. The van der Waals surface area contributed by atoms with E-state index in [2.05, 4.69) is 15.3 Å². The number of pyridine rings is 1. The molecular weight excluding hydrogens is 473 g/mol. The number of nitrogens with zero attached hydrogens (tertiary/aromatic N) is 6. The molecule has 0 amide bonds. The first kappa shape index (κ1) is 23.1. The number of nitrogens with one attached hydrogen (secondary N) is 1. The highest BCUT2D eigenvalue weighted by molar-refractivity contribution is 5.98. The number of imidazole rings is 1. The summed E-state index contributed by atoms with van der Waals surface area (Å²) in [4.78, 5) is 14.0. The molecule has 6 rings (SSSR count). The Morgan fingerprint density at radius 1 is 1.03 bits per heavy atom. The Balaban J connectivity index is 1.63. The third-order valence-corrected chi connectivity index (χ3v) is 6.82. The fourth-order valence-electron chi connectivity index (χ4n) is 4.78. The summed E-state index contributed by atoms with van der Waals surface area (Å²) >= 11 is 0. The number of aryl methyl sites for hydroxylation is 1. The third kappa shape index (κ3) is 3.99. The van der Waals surface area contributed by atoms with Gasteiger partial charge in [-0.2, -0.15) is 0 Å². The van der Waals surface area contributed by atoms with Crippen molar-refractivity contribution < 1.29 is 13.9 Å². The number of ether oxygens (including phenoxy) is 2. The molecule has 0 aliphatic heterocycles. The van der Waals surface area contributed by atoms with Crippen molar-refractivity contribution in [2.75, 3.05) is 19.5 Å². The summed E-state index contributed by atoms with van der Waals surface area (Å²) in [7, 11) is 5.07. The predicted molar refractivity (Wildman–Crippen MR) is 138 cm³/mol. The molecule has 0 spiro atoms. The van der Waals surface area contributed by atoms with Gasteiger partial charge in [0.1, 0.15) is 5.52 Å². The second kappa shape index (κ2) is 9.29. The van der Waals surface area contributed by atoms with E-state index in [4.69, 9.17) is 19.6 Å². The van der Waals surface area contributed by atoms with Gasteiger partial charge in [0.05, 0.1) is 18.9 Å². The summed E-state index contributed by atoms with van der Waals surface area (Å²) < 4.78 is 29.9. The zero-order valence-corrected chi connectivity index (χ0v) is 20.7. The maximum Gasteiger partial charge on any atom is 0.218 e. The molecule has 0 saturated heterocycles. The molecule has 0 radical (unpaired) electrons. The van der Waals surface area contributed by atoms with E-state index in [0.717, 1.165) is 18.4 Å². The maximum absolute atomic E-state index is 15.6. The number of benzene rings is 1. The number of aromatic nitrogens is 6. The van der Waals surface area contributed by atoms with Crippen LogP contribution in [0.5, 0.6) is 5.75 Å². The molecule has 9 nitrogen and oxygen atoms in total. The molecule has 1 N–H and O–H groups in total. The first-order chi connectivity index (χ1) is 18.1. The topological polar surface area (TPSA) is 91.4 Å². The monoisotopic (exact) mass is 499 g/mol. The minimum atomic E-state index is -0.452. The first-order valence-corrected chi connectivity index (χ1v) is 12.0. The van der Waals surface area contributed by atoms with Crippen LogP contribution in [0.2, 0.25) is 0 Å². The molecular formula is C27H26FN7O2. The largest absolute Gasteiger partial charge is 0.494 e. The minimum Gasteiger partial charge on any atom is -0.494 e. The van der Waals surface area contributed by atoms with Crippen molar-refractivity contribution >= 4 is 11.3 Å². The lowest BCUT2D eigenvalue weighted by Gasteiger charge is -2.35. The van der Waals surface area contributed by atoms with Crippen molar-refractivity contribution in [1.82, 2.24) is 29.1 Å². The molecule has 1 aliphatic rings. The summed E-state index contributed by atoms with van der Waals surface area (Å²) in [5.41, 5.74) is 3.13. The Morgan fingerprint density at radius 2 is 1.89 bits per heavy atom. The highest BCUT2D eigenvalue weighted by atomic mass is 19.1. The third-order valence-electron chi connectivity index (χ3n) is 6.82. The van der Waals surface area contributed by atoms with Crippen molar-refractivity contribution in [3.63, 3.8) is 0 Å². The van der Waals surface area contributed by atoms with Crippen molar-refractivity contribution in [2.45, 2.75) is 25.0 Å². The van der Waals surface area contributed by atoms with Gasteiger partial charge in [0.15, 0.2) is 23.2 Å².